The molecular formula is C23H22FN3O4S2. The van der Waals surface area contributed by atoms with Crippen LogP contribution in [0, 0.1) is 5.82 Å². The molecule has 1 heterocycles. The average Bonchev–Trinajstić information content (AvgIpc) is 3.26. The smallest absolute Gasteiger partial charge is 0.279 e. The maximum absolute atomic E-state index is 13.4. The lowest BCUT2D eigenvalue weighted by molar-refractivity contribution is 0.371. The first-order valence-corrected chi connectivity index (χ1v) is 13.3. The number of benzene rings is 3. The normalized spacial score (nSPS) is 16.5. The first kappa shape index (κ1) is 22.9. The number of hydrazone groups is 1. The standard InChI is InChI=1S/C23H22FN3O4S2/c1-2-32(28,29)26-20-10-6-9-18(15-20)22-16-23(17-7-4-3-5-8-17)27(25-22)33(30,31)21-13-11-19(24)12-14-21/h3-15,23,26H,2,16H2,1H3. The lowest BCUT2D eigenvalue weighted by atomic mass is 9.99. The fourth-order valence-electron chi connectivity index (χ4n) is 3.54. The monoisotopic (exact) mass is 487 g/mol. The third-order valence-corrected chi connectivity index (χ3v) is 8.27. The minimum absolute atomic E-state index is 0.0701. The van der Waals surface area contributed by atoms with Crippen molar-refractivity contribution in [3.05, 3.63) is 95.8 Å². The Balaban J connectivity index is 1.75. The van der Waals surface area contributed by atoms with E-state index in [0.717, 1.165) is 22.1 Å². The third kappa shape index (κ3) is 4.91. The Morgan fingerprint density at radius 2 is 1.67 bits per heavy atom. The second kappa shape index (κ2) is 8.95. The van der Waals surface area contributed by atoms with Gasteiger partial charge in [0.05, 0.1) is 22.4 Å². The highest BCUT2D eigenvalue weighted by molar-refractivity contribution is 7.92. The lowest BCUT2D eigenvalue weighted by Crippen LogP contribution is -2.27. The molecule has 1 aliphatic heterocycles. The van der Waals surface area contributed by atoms with E-state index < -0.39 is 31.9 Å². The van der Waals surface area contributed by atoms with Crippen molar-refractivity contribution < 1.29 is 21.2 Å². The molecule has 0 amide bonds. The van der Waals surface area contributed by atoms with E-state index in [0.29, 0.717) is 17.0 Å². The first-order chi connectivity index (χ1) is 15.7. The van der Waals surface area contributed by atoms with Crippen LogP contribution in [0.1, 0.15) is 30.5 Å². The molecule has 0 saturated carbocycles. The van der Waals surface area contributed by atoms with Crippen molar-refractivity contribution in [2.45, 2.75) is 24.3 Å². The van der Waals surface area contributed by atoms with Gasteiger partial charge >= 0.3 is 0 Å². The molecule has 0 aliphatic carbocycles. The molecule has 4 rings (SSSR count). The molecule has 1 atom stereocenters. The van der Waals surface area contributed by atoms with Gasteiger partial charge in [0.15, 0.2) is 0 Å². The summed E-state index contributed by atoms with van der Waals surface area (Å²) in [5.41, 5.74) is 2.22. The molecule has 1 N–H and O–H groups in total. The van der Waals surface area contributed by atoms with E-state index in [2.05, 4.69) is 9.82 Å². The second-order valence-electron chi connectivity index (χ2n) is 7.50. The van der Waals surface area contributed by atoms with Gasteiger partial charge in [0.1, 0.15) is 5.82 Å². The molecule has 0 fully saturated rings. The Bertz CT molecular complexity index is 1390. The van der Waals surface area contributed by atoms with Crippen LogP contribution in [-0.4, -0.2) is 32.7 Å². The molecule has 3 aromatic rings. The highest BCUT2D eigenvalue weighted by Crippen LogP contribution is 2.37. The predicted octanol–water partition coefficient (Wildman–Crippen LogP) is 4.13. The van der Waals surface area contributed by atoms with Crippen molar-refractivity contribution in [3.8, 4) is 0 Å². The van der Waals surface area contributed by atoms with Crippen LogP contribution in [-0.2, 0) is 20.0 Å². The Kier molecular flexibility index (Phi) is 6.22. The van der Waals surface area contributed by atoms with E-state index in [4.69, 9.17) is 0 Å². The van der Waals surface area contributed by atoms with Gasteiger partial charge in [0.2, 0.25) is 10.0 Å². The fraction of sp³-hybridized carbons (Fsp3) is 0.174. The highest BCUT2D eigenvalue weighted by Gasteiger charge is 2.37. The lowest BCUT2D eigenvalue weighted by Gasteiger charge is -2.23. The molecule has 0 spiro atoms. The van der Waals surface area contributed by atoms with Gasteiger partial charge in [-0.1, -0.05) is 42.5 Å². The van der Waals surface area contributed by atoms with Crippen LogP contribution < -0.4 is 4.72 Å². The molecular weight excluding hydrogens is 465 g/mol. The van der Waals surface area contributed by atoms with Crippen molar-refractivity contribution >= 4 is 31.4 Å². The zero-order chi connectivity index (χ0) is 23.6. The van der Waals surface area contributed by atoms with Gasteiger partial charge < -0.3 is 0 Å². The summed E-state index contributed by atoms with van der Waals surface area (Å²) in [5.74, 6) is -0.608. The minimum atomic E-state index is -4.07. The van der Waals surface area contributed by atoms with E-state index in [1.807, 2.05) is 30.3 Å². The summed E-state index contributed by atoms with van der Waals surface area (Å²) in [6, 6.07) is 19.8. The number of rotatable bonds is 7. The summed E-state index contributed by atoms with van der Waals surface area (Å²) >= 11 is 0. The van der Waals surface area contributed by atoms with Crippen LogP contribution in [0.2, 0.25) is 0 Å². The second-order valence-corrected chi connectivity index (χ2v) is 11.3. The van der Waals surface area contributed by atoms with E-state index in [-0.39, 0.29) is 17.1 Å². The first-order valence-electron chi connectivity index (χ1n) is 10.2. The SMILES string of the molecule is CCS(=O)(=O)Nc1cccc(C2=NN(S(=O)(=O)c3ccc(F)cc3)C(c3ccccc3)C2)c1. The number of nitrogens with zero attached hydrogens (tertiary/aromatic N) is 2. The van der Waals surface area contributed by atoms with Crippen LogP contribution in [0.3, 0.4) is 0 Å². The Labute approximate surface area is 192 Å². The van der Waals surface area contributed by atoms with Crippen molar-refractivity contribution in [3.63, 3.8) is 0 Å². The van der Waals surface area contributed by atoms with E-state index in [9.17, 15) is 21.2 Å². The van der Waals surface area contributed by atoms with Gasteiger partial charge in [-0.15, -0.1) is 0 Å². The highest BCUT2D eigenvalue weighted by atomic mass is 32.2. The summed E-state index contributed by atoms with van der Waals surface area (Å²) in [6.45, 7) is 1.54. The van der Waals surface area contributed by atoms with Gasteiger partial charge in [-0.25, -0.2) is 12.8 Å². The van der Waals surface area contributed by atoms with E-state index >= 15 is 0 Å². The average molecular weight is 488 g/mol. The molecule has 33 heavy (non-hydrogen) atoms. The molecule has 172 valence electrons. The molecule has 10 heteroatoms. The van der Waals surface area contributed by atoms with E-state index in [1.165, 1.54) is 19.1 Å². The quantitative estimate of drug-likeness (QED) is 0.542. The van der Waals surface area contributed by atoms with Crippen molar-refractivity contribution in [1.82, 2.24) is 4.41 Å². The predicted molar refractivity (Wildman–Crippen MR) is 125 cm³/mol. The van der Waals surface area contributed by atoms with Crippen molar-refractivity contribution in [2.24, 2.45) is 5.10 Å². The zero-order valence-corrected chi connectivity index (χ0v) is 19.4. The van der Waals surface area contributed by atoms with Crippen LogP contribution >= 0.6 is 0 Å². The summed E-state index contributed by atoms with van der Waals surface area (Å²) in [6.07, 6.45) is 0.286. The summed E-state index contributed by atoms with van der Waals surface area (Å²) in [4.78, 5) is -0.0701. The summed E-state index contributed by atoms with van der Waals surface area (Å²) < 4.78 is 67.6. The molecule has 7 nitrogen and oxygen atoms in total. The Morgan fingerprint density at radius 1 is 0.970 bits per heavy atom. The Hall–Kier alpha value is -3.24. The topological polar surface area (TPSA) is 95.9 Å². The molecule has 0 bridgehead atoms. The Morgan fingerprint density at radius 3 is 2.33 bits per heavy atom. The minimum Gasteiger partial charge on any atom is -0.284 e. The molecule has 0 radical (unpaired) electrons. The number of hydrogen-bond donors (Lipinski definition) is 1. The number of anilines is 1. The van der Waals surface area contributed by atoms with Crippen LogP contribution in [0.4, 0.5) is 10.1 Å². The summed E-state index contributed by atoms with van der Waals surface area (Å²) in [7, 11) is -7.54. The van der Waals surface area contributed by atoms with Gasteiger partial charge in [-0.3, -0.25) is 4.72 Å². The molecule has 1 aliphatic rings. The van der Waals surface area contributed by atoms with Gasteiger partial charge in [0, 0.05) is 12.1 Å². The maximum Gasteiger partial charge on any atom is 0.279 e. The van der Waals surface area contributed by atoms with Gasteiger partial charge in [-0.2, -0.15) is 17.9 Å². The van der Waals surface area contributed by atoms with E-state index in [1.54, 1.807) is 24.3 Å². The summed E-state index contributed by atoms with van der Waals surface area (Å²) in [5, 5.41) is 4.44. The van der Waals surface area contributed by atoms with Gasteiger partial charge in [0.25, 0.3) is 10.0 Å². The third-order valence-electron chi connectivity index (χ3n) is 5.26. The zero-order valence-electron chi connectivity index (χ0n) is 17.7. The maximum atomic E-state index is 13.4. The largest absolute Gasteiger partial charge is 0.284 e. The number of sulfonamides is 2. The number of nitrogens with one attached hydrogen (secondary N) is 1. The molecule has 0 aromatic heterocycles. The van der Waals surface area contributed by atoms with Crippen molar-refractivity contribution in [2.75, 3.05) is 10.5 Å². The van der Waals surface area contributed by atoms with Crippen LogP contribution in [0.15, 0.2) is 88.9 Å². The van der Waals surface area contributed by atoms with Crippen LogP contribution in [0.5, 0.6) is 0 Å². The fourth-order valence-corrected chi connectivity index (χ4v) is 5.60. The number of hydrogen-bond acceptors (Lipinski definition) is 5. The van der Waals surface area contributed by atoms with Crippen LogP contribution in [0.25, 0.3) is 0 Å². The molecule has 1 unspecified atom stereocenters. The number of halogens is 1. The van der Waals surface area contributed by atoms with Crippen molar-refractivity contribution in [1.29, 1.82) is 0 Å². The molecule has 0 saturated heterocycles. The van der Waals surface area contributed by atoms with Gasteiger partial charge in [-0.05, 0) is 54.4 Å². The molecule has 3 aromatic carbocycles.